The lowest BCUT2D eigenvalue weighted by Gasteiger charge is -2.45. The van der Waals surface area contributed by atoms with Gasteiger partial charge in [0.25, 0.3) is 0 Å². The molecule has 0 aromatic heterocycles. The lowest BCUT2D eigenvalue weighted by atomic mass is 9.82. The molecule has 0 bridgehead atoms. The molecule has 0 saturated carbocycles. The number of ether oxygens (including phenoxy) is 1. The number of nitrogens with zero attached hydrogens (tertiary/aromatic N) is 2. The van der Waals surface area contributed by atoms with Crippen LogP contribution in [0.5, 0.6) is 0 Å². The van der Waals surface area contributed by atoms with Gasteiger partial charge in [-0.1, -0.05) is 6.92 Å². The molecule has 1 saturated heterocycles. The summed E-state index contributed by atoms with van der Waals surface area (Å²) in [5.41, 5.74) is 7.86. The monoisotopic (exact) mass is 447 g/mol. The van der Waals surface area contributed by atoms with Gasteiger partial charge in [-0.25, -0.2) is 4.39 Å². The molecule has 32 heavy (non-hydrogen) atoms. The summed E-state index contributed by atoms with van der Waals surface area (Å²) in [7, 11) is 0. The third kappa shape index (κ3) is 3.83. The maximum atomic E-state index is 15.4. The summed E-state index contributed by atoms with van der Waals surface area (Å²) >= 11 is 0. The standard InChI is InChI=1S/C23H30FN3O5/c1-3-18(25)23(31)32-13-6-8-26(9-7-13)20-14-5-4-12(2)27-11-16(22(29)30)21(28)15(19(14)27)10-17(20)24/h10,12-13,16,18H,3-9,11,25H2,1-2H3,(H,29,30). The van der Waals surface area contributed by atoms with Gasteiger partial charge in [-0.05, 0) is 32.3 Å². The van der Waals surface area contributed by atoms with E-state index in [4.69, 9.17) is 10.5 Å². The number of carbonyl (C=O) groups excluding carboxylic acids is 2. The zero-order chi connectivity index (χ0) is 23.2. The molecule has 3 aliphatic heterocycles. The van der Waals surface area contributed by atoms with Crippen molar-refractivity contribution in [3.05, 3.63) is 23.0 Å². The summed E-state index contributed by atoms with van der Waals surface area (Å²) in [4.78, 5) is 40.3. The Morgan fingerprint density at radius 3 is 2.59 bits per heavy atom. The topological polar surface area (TPSA) is 113 Å². The Morgan fingerprint density at radius 2 is 1.97 bits per heavy atom. The van der Waals surface area contributed by atoms with Crippen LogP contribution < -0.4 is 15.5 Å². The third-order valence-corrected chi connectivity index (χ3v) is 7.00. The van der Waals surface area contributed by atoms with E-state index in [1.165, 1.54) is 6.07 Å². The van der Waals surface area contributed by atoms with Gasteiger partial charge in [-0.2, -0.15) is 0 Å². The highest BCUT2D eigenvalue weighted by Gasteiger charge is 2.43. The largest absolute Gasteiger partial charge is 0.481 e. The Labute approximate surface area is 186 Å². The van der Waals surface area contributed by atoms with Gasteiger partial charge in [-0.3, -0.25) is 14.4 Å². The number of Topliss-reactive ketones (excluding diaryl/α,β-unsaturated/α-hetero) is 1. The molecule has 3 N–H and O–H groups in total. The molecule has 174 valence electrons. The number of hydrogen-bond acceptors (Lipinski definition) is 7. The SMILES string of the molecule is CCC(N)C(=O)OC1CCN(c2c(F)cc3c4c2CCC(C)N4CC(C(=O)O)C3=O)CC1. The smallest absolute Gasteiger partial charge is 0.323 e. The fourth-order valence-electron chi connectivity index (χ4n) is 5.05. The van der Waals surface area contributed by atoms with E-state index in [9.17, 15) is 19.5 Å². The summed E-state index contributed by atoms with van der Waals surface area (Å²) in [6.07, 6.45) is 2.78. The van der Waals surface area contributed by atoms with E-state index in [2.05, 4.69) is 0 Å². The van der Waals surface area contributed by atoms with Crippen LogP contribution in [0.4, 0.5) is 15.8 Å². The summed E-state index contributed by atoms with van der Waals surface area (Å²) in [6.45, 7) is 4.97. The summed E-state index contributed by atoms with van der Waals surface area (Å²) in [6, 6.07) is 0.654. The van der Waals surface area contributed by atoms with Crippen molar-refractivity contribution in [2.45, 2.75) is 64.1 Å². The normalized spacial score (nSPS) is 24.2. The van der Waals surface area contributed by atoms with Gasteiger partial charge in [-0.15, -0.1) is 0 Å². The minimum Gasteiger partial charge on any atom is -0.481 e. The molecule has 3 unspecified atom stereocenters. The first-order chi connectivity index (χ1) is 15.2. The second-order valence-corrected chi connectivity index (χ2v) is 9.01. The number of aliphatic carboxylic acids is 1. The lowest BCUT2D eigenvalue weighted by molar-refractivity contribution is -0.151. The van der Waals surface area contributed by atoms with Crippen LogP contribution in [-0.2, 0) is 20.7 Å². The quantitative estimate of drug-likeness (QED) is 0.521. The predicted octanol–water partition coefficient (Wildman–Crippen LogP) is 2.11. The Balaban J connectivity index is 1.61. The van der Waals surface area contributed by atoms with Gasteiger partial charge >= 0.3 is 11.9 Å². The second-order valence-electron chi connectivity index (χ2n) is 9.01. The van der Waals surface area contributed by atoms with Gasteiger partial charge in [0.2, 0.25) is 0 Å². The third-order valence-electron chi connectivity index (χ3n) is 7.00. The number of hydrogen-bond donors (Lipinski definition) is 2. The molecule has 9 heteroatoms. The molecule has 3 aliphatic rings. The van der Waals surface area contributed by atoms with Crippen LogP contribution in [-0.4, -0.2) is 60.7 Å². The average Bonchev–Trinajstić information content (AvgIpc) is 2.77. The fraction of sp³-hybridized carbons (Fsp3) is 0.609. The van der Waals surface area contributed by atoms with E-state index < -0.39 is 35.5 Å². The number of anilines is 2. The Hall–Kier alpha value is -2.68. The van der Waals surface area contributed by atoms with Crippen LogP contribution in [0.2, 0.25) is 0 Å². The van der Waals surface area contributed by atoms with Crippen LogP contribution in [0.15, 0.2) is 6.07 Å². The predicted molar refractivity (Wildman–Crippen MR) is 117 cm³/mol. The van der Waals surface area contributed by atoms with E-state index in [-0.39, 0.29) is 24.3 Å². The number of carboxylic acids is 1. The first kappa shape index (κ1) is 22.5. The van der Waals surface area contributed by atoms with Crippen LogP contribution >= 0.6 is 0 Å². The van der Waals surface area contributed by atoms with Crippen molar-refractivity contribution < 1.29 is 28.6 Å². The number of halogens is 1. The zero-order valence-electron chi connectivity index (χ0n) is 18.5. The second kappa shape index (κ2) is 8.69. The van der Waals surface area contributed by atoms with E-state index in [0.717, 1.165) is 12.0 Å². The zero-order valence-corrected chi connectivity index (χ0v) is 18.5. The molecular weight excluding hydrogens is 417 g/mol. The maximum absolute atomic E-state index is 15.4. The van der Waals surface area contributed by atoms with E-state index in [1.54, 1.807) is 0 Å². The van der Waals surface area contributed by atoms with Crippen LogP contribution in [0.25, 0.3) is 0 Å². The van der Waals surface area contributed by atoms with Crippen LogP contribution in [0, 0.1) is 11.7 Å². The van der Waals surface area contributed by atoms with Crippen molar-refractivity contribution in [1.82, 2.24) is 0 Å². The van der Waals surface area contributed by atoms with E-state index in [0.29, 0.717) is 50.1 Å². The summed E-state index contributed by atoms with van der Waals surface area (Å²) < 4.78 is 20.9. The Bertz CT molecular complexity index is 944. The minimum atomic E-state index is -1.18. The van der Waals surface area contributed by atoms with Gasteiger partial charge in [0, 0.05) is 49.6 Å². The van der Waals surface area contributed by atoms with Crippen molar-refractivity contribution in [3.8, 4) is 0 Å². The molecule has 0 aliphatic carbocycles. The highest BCUT2D eigenvalue weighted by atomic mass is 19.1. The number of esters is 1. The van der Waals surface area contributed by atoms with Crippen molar-refractivity contribution in [2.75, 3.05) is 29.4 Å². The lowest BCUT2D eigenvalue weighted by Crippen LogP contribution is -2.49. The number of carboxylic acid groups (broad SMARTS) is 1. The molecule has 1 aromatic carbocycles. The summed E-state index contributed by atoms with van der Waals surface area (Å²) in [5.74, 6) is -3.79. The van der Waals surface area contributed by atoms with Crippen molar-refractivity contribution in [2.24, 2.45) is 11.7 Å². The number of ketones is 1. The summed E-state index contributed by atoms with van der Waals surface area (Å²) in [5, 5.41) is 9.49. The molecule has 3 heterocycles. The number of benzene rings is 1. The van der Waals surface area contributed by atoms with Crippen LogP contribution in [0.3, 0.4) is 0 Å². The van der Waals surface area contributed by atoms with Crippen LogP contribution in [0.1, 0.15) is 55.5 Å². The molecule has 0 radical (unpaired) electrons. The highest BCUT2D eigenvalue weighted by molar-refractivity contribution is 6.14. The molecule has 1 aromatic rings. The maximum Gasteiger partial charge on any atom is 0.323 e. The Morgan fingerprint density at radius 1 is 1.28 bits per heavy atom. The molecule has 0 amide bonds. The number of rotatable bonds is 5. The molecule has 3 atom stereocenters. The van der Waals surface area contributed by atoms with Crippen molar-refractivity contribution in [1.29, 1.82) is 0 Å². The average molecular weight is 448 g/mol. The molecule has 8 nitrogen and oxygen atoms in total. The van der Waals surface area contributed by atoms with Gasteiger partial charge in [0.1, 0.15) is 23.9 Å². The number of nitrogens with two attached hydrogens (primary N) is 1. The highest BCUT2D eigenvalue weighted by Crippen LogP contribution is 2.45. The number of carbonyl (C=O) groups is 3. The van der Waals surface area contributed by atoms with Gasteiger partial charge < -0.3 is 25.4 Å². The Kier molecular flexibility index (Phi) is 6.11. The van der Waals surface area contributed by atoms with Gasteiger partial charge in [0.05, 0.1) is 11.4 Å². The van der Waals surface area contributed by atoms with E-state index in [1.807, 2.05) is 23.6 Å². The molecule has 4 rings (SSSR count). The first-order valence-corrected chi connectivity index (χ1v) is 11.3. The van der Waals surface area contributed by atoms with Crippen molar-refractivity contribution in [3.63, 3.8) is 0 Å². The van der Waals surface area contributed by atoms with E-state index >= 15 is 4.39 Å². The van der Waals surface area contributed by atoms with Crippen molar-refractivity contribution >= 4 is 29.1 Å². The number of piperidine rings is 1. The fourth-order valence-corrected chi connectivity index (χ4v) is 5.05. The first-order valence-electron chi connectivity index (χ1n) is 11.3. The van der Waals surface area contributed by atoms with Gasteiger partial charge in [0.15, 0.2) is 5.78 Å². The minimum absolute atomic E-state index is 0.0717. The molecular formula is C23H30FN3O5. The molecule has 1 fully saturated rings. The molecule has 0 spiro atoms.